The summed E-state index contributed by atoms with van der Waals surface area (Å²) in [5.41, 5.74) is 2.27. The fraction of sp³-hybridized carbons (Fsp3) is 0.500. The van der Waals surface area contributed by atoms with E-state index in [0.29, 0.717) is 5.25 Å². The maximum Gasteiger partial charge on any atom is 0.119 e. The maximum atomic E-state index is 10.1. The Bertz CT molecular complexity index is 351. The fourth-order valence-electron chi connectivity index (χ4n) is 1.88. The van der Waals surface area contributed by atoms with Gasteiger partial charge >= 0.3 is 0 Å². The van der Waals surface area contributed by atoms with Gasteiger partial charge in [-0.2, -0.15) is 11.8 Å². The molecule has 2 atom stereocenters. The van der Waals surface area contributed by atoms with Crippen LogP contribution in [0.5, 0.6) is 5.75 Å². The van der Waals surface area contributed by atoms with Crippen LogP contribution in [0.15, 0.2) is 18.2 Å². The minimum Gasteiger partial charge on any atom is -0.497 e. The van der Waals surface area contributed by atoms with Gasteiger partial charge in [0, 0.05) is 11.0 Å². The zero-order valence-corrected chi connectivity index (χ0v) is 9.88. The molecule has 1 aromatic rings. The number of benzene rings is 1. The summed E-state index contributed by atoms with van der Waals surface area (Å²) in [7, 11) is 1.65. The van der Waals surface area contributed by atoms with Crippen molar-refractivity contribution in [2.75, 3.05) is 7.11 Å². The van der Waals surface area contributed by atoms with Crippen LogP contribution in [0.2, 0.25) is 0 Å². The zero-order valence-electron chi connectivity index (χ0n) is 9.06. The van der Waals surface area contributed by atoms with Gasteiger partial charge in [-0.25, -0.2) is 0 Å². The molecular weight excluding hydrogens is 208 g/mol. The van der Waals surface area contributed by atoms with Crippen molar-refractivity contribution in [3.63, 3.8) is 0 Å². The maximum absolute atomic E-state index is 10.1. The minimum absolute atomic E-state index is 0.347. The van der Waals surface area contributed by atoms with Gasteiger partial charge in [-0.1, -0.05) is 13.0 Å². The highest BCUT2D eigenvalue weighted by atomic mass is 32.2. The van der Waals surface area contributed by atoms with Gasteiger partial charge in [-0.15, -0.1) is 0 Å². The zero-order chi connectivity index (χ0) is 10.8. The summed E-state index contributed by atoms with van der Waals surface area (Å²) in [4.78, 5) is 0. The predicted molar refractivity (Wildman–Crippen MR) is 63.3 cm³/mol. The van der Waals surface area contributed by atoms with Crippen LogP contribution in [-0.4, -0.2) is 17.5 Å². The molecule has 1 heterocycles. The second kappa shape index (κ2) is 4.45. The fourth-order valence-corrected chi connectivity index (χ4v) is 2.93. The first kappa shape index (κ1) is 10.8. The van der Waals surface area contributed by atoms with E-state index >= 15 is 0 Å². The lowest BCUT2D eigenvalue weighted by Crippen LogP contribution is -2.03. The third-order valence-corrected chi connectivity index (χ3v) is 4.03. The average Bonchev–Trinajstić information content (AvgIpc) is 2.38. The van der Waals surface area contributed by atoms with Crippen LogP contribution in [0.1, 0.15) is 30.6 Å². The van der Waals surface area contributed by atoms with Gasteiger partial charge in [0.15, 0.2) is 0 Å². The van der Waals surface area contributed by atoms with Gasteiger partial charge in [-0.05, 0) is 29.7 Å². The van der Waals surface area contributed by atoms with E-state index in [1.165, 1.54) is 5.56 Å². The quantitative estimate of drug-likeness (QED) is 0.795. The van der Waals surface area contributed by atoms with E-state index < -0.39 is 0 Å². The molecule has 2 rings (SSSR count). The van der Waals surface area contributed by atoms with Crippen LogP contribution in [0, 0.1) is 0 Å². The first-order valence-electron chi connectivity index (χ1n) is 5.17. The van der Waals surface area contributed by atoms with Gasteiger partial charge in [-0.3, -0.25) is 0 Å². The molecule has 2 nitrogen and oxygen atoms in total. The van der Waals surface area contributed by atoms with Gasteiger partial charge in [0.1, 0.15) is 5.75 Å². The lowest BCUT2D eigenvalue weighted by Gasteiger charge is -2.13. The van der Waals surface area contributed by atoms with E-state index in [1.807, 2.05) is 23.9 Å². The Balaban J connectivity index is 2.36. The van der Waals surface area contributed by atoms with Crippen molar-refractivity contribution in [2.45, 2.75) is 30.5 Å². The minimum atomic E-state index is -0.347. The number of hydrogen-bond acceptors (Lipinski definition) is 3. The molecule has 2 unspecified atom stereocenters. The second-order valence-electron chi connectivity index (χ2n) is 3.94. The van der Waals surface area contributed by atoms with Gasteiger partial charge in [0.2, 0.25) is 0 Å². The summed E-state index contributed by atoms with van der Waals surface area (Å²) in [6.45, 7) is 2.16. The Morgan fingerprint density at radius 3 is 3.00 bits per heavy atom. The molecule has 0 aliphatic carbocycles. The summed E-state index contributed by atoms with van der Waals surface area (Å²) >= 11 is 1.90. The van der Waals surface area contributed by atoms with Crippen LogP contribution in [-0.2, 0) is 5.75 Å². The van der Waals surface area contributed by atoms with Crippen LogP contribution < -0.4 is 4.74 Å². The van der Waals surface area contributed by atoms with E-state index in [-0.39, 0.29) is 6.10 Å². The highest BCUT2D eigenvalue weighted by molar-refractivity contribution is 7.99. The summed E-state index contributed by atoms with van der Waals surface area (Å²) in [5.74, 6) is 1.81. The Morgan fingerprint density at radius 1 is 1.47 bits per heavy atom. The van der Waals surface area contributed by atoms with Gasteiger partial charge in [0.05, 0.1) is 13.2 Å². The number of aliphatic hydroxyl groups excluding tert-OH is 1. The molecule has 0 saturated carbocycles. The van der Waals surface area contributed by atoms with E-state index in [0.717, 1.165) is 23.5 Å². The first-order chi connectivity index (χ1) is 7.20. The number of aliphatic hydroxyl groups is 1. The lowest BCUT2D eigenvalue weighted by atomic mass is 10.00. The van der Waals surface area contributed by atoms with Crippen molar-refractivity contribution in [3.05, 3.63) is 29.3 Å². The van der Waals surface area contributed by atoms with Crippen LogP contribution in [0.4, 0.5) is 0 Å². The molecule has 3 heteroatoms. The summed E-state index contributed by atoms with van der Waals surface area (Å²) in [5, 5.41) is 10.6. The van der Waals surface area contributed by atoms with E-state index in [2.05, 4.69) is 13.0 Å². The Morgan fingerprint density at radius 2 is 2.27 bits per heavy atom. The number of ether oxygens (including phenoxy) is 1. The third kappa shape index (κ3) is 2.29. The highest BCUT2D eigenvalue weighted by Crippen LogP contribution is 2.36. The summed E-state index contributed by atoms with van der Waals surface area (Å²) < 4.78 is 5.18. The van der Waals surface area contributed by atoms with Crippen molar-refractivity contribution in [1.29, 1.82) is 0 Å². The Hall–Kier alpha value is -0.670. The highest BCUT2D eigenvalue weighted by Gasteiger charge is 2.21. The number of methoxy groups -OCH3 is 1. The number of hydrogen-bond donors (Lipinski definition) is 1. The molecule has 0 saturated heterocycles. The van der Waals surface area contributed by atoms with Crippen molar-refractivity contribution in [3.8, 4) is 5.75 Å². The summed E-state index contributed by atoms with van der Waals surface area (Å²) in [6, 6.07) is 5.98. The van der Waals surface area contributed by atoms with Crippen LogP contribution in [0.3, 0.4) is 0 Å². The van der Waals surface area contributed by atoms with Crippen LogP contribution in [0.25, 0.3) is 0 Å². The molecule has 0 spiro atoms. The lowest BCUT2D eigenvalue weighted by molar-refractivity contribution is 0.168. The van der Waals surface area contributed by atoms with Crippen LogP contribution >= 0.6 is 11.8 Å². The van der Waals surface area contributed by atoms with Gasteiger partial charge < -0.3 is 9.84 Å². The van der Waals surface area contributed by atoms with E-state index in [1.54, 1.807) is 7.11 Å². The first-order valence-corrected chi connectivity index (χ1v) is 6.22. The largest absolute Gasteiger partial charge is 0.497 e. The van der Waals surface area contributed by atoms with Crippen molar-refractivity contribution in [2.24, 2.45) is 0 Å². The number of rotatable bonds is 1. The second-order valence-corrected chi connectivity index (χ2v) is 5.36. The summed E-state index contributed by atoms with van der Waals surface area (Å²) in [6.07, 6.45) is 0.477. The number of fused-ring (bicyclic) bond motifs is 1. The monoisotopic (exact) mass is 224 g/mol. The molecule has 1 aliphatic rings. The Kier molecular flexibility index (Phi) is 3.22. The molecular formula is C12H16O2S. The van der Waals surface area contributed by atoms with Gasteiger partial charge in [0.25, 0.3) is 0 Å². The average molecular weight is 224 g/mol. The molecule has 0 bridgehead atoms. The van der Waals surface area contributed by atoms with Crippen molar-refractivity contribution in [1.82, 2.24) is 0 Å². The third-order valence-electron chi connectivity index (χ3n) is 2.79. The molecule has 0 amide bonds. The van der Waals surface area contributed by atoms with Crippen molar-refractivity contribution >= 4 is 11.8 Å². The Labute approximate surface area is 94.6 Å². The molecule has 0 radical (unpaired) electrons. The number of thioether (sulfide) groups is 1. The molecule has 0 aromatic heterocycles. The molecule has 1 N–H and O–H groups in total. The van der Waals surface area contributed by atoms with Crippen molar-refractivity contribution < 1.29 is 9.84 Å². The molecule has 1 aliphatic heterocycles. The van der Waals surface area contributed by atoms with E-state index in [9.17, 15) is 5.11 Å². The predicted octanol–water partition coefficient (Wildman–Crippen LogP) is 2.75. The SMILES string of the molecule is COc1ccc2c(c1)C(O)CC(C)SC2. The molecule has 0 fully saturated rings. The topological polar surface area (TPSA) is 29.5 Å². The molecule has 15 heavy (non-hydrogen) atoms. The molecule has 82 valence electrons. The van der Waals surface area contributed by atoms with E-state index in [4.69, 9.17) is 4.74 Å². The standard InChI is InChI=1S/C12H16O2S/c1-8-5-12(13)11-6-10(14-2)4-3-9(11)7-15-8/h3-4,6,8,12-13H,5,7H2,1-2H3. The normalized spacial score (nSPS) is 25.5. The smallest absolute Gasteiger partial charge is 0.119 e. The molecule has 1 aromatic carbocycles.